The lowest BCUT2D eigenvalue weighted by Gasteiger charge is -2.01. The molecule has 0 fully saturated rings. The summed E-state index contributed by atoms with van der Waals surface area (Å²) < 4.78 is 0. The summed E-state index contributed by atoms with van der Waals surface area (Å²) in [7, 11) is 0. The smallest absolute Gasteiger partial charge is 0.119 e. The summed E-state index contributed by atoms with van der Waals surface area (Å²) >= 11 is 0. The van der Waals surface area contributed by atoms with Gasteiger partial charge in [-0.1, -0.05) is 65.8 Å². The van der Waals surface area contributed by atoms with Crippen LogP contribution in [-0.4, -0.2) is 5.11 Å². The van der Waals surface area contributed by atoms with Crippen molar-refractivity contribution < 1.29 is 5.11 Å². The Hall–Kier alpha value is -1.50. The van der Waals surface area contributed by atoms with Crippen LogP contribution in [0, 0.1) is 6.92 Å². The molecule has 0 atom stereocenters. The van der Waals surface area contributed by atoms with E-state index >= 15 is 0 Å². The highest BCUT2D eigenvalue weighted by molar-refractivity contribution is 5.84. The minimum atomic E-state index is 0.369. The topological polar surface area (TPSA) is 20.2 Å². The average molecular weight is 248 g/mol. The molecule has 2 rings (SSSR count). The third-order valence-corrected chi connectivity index (χ3v) is 2.06. The van der Waals surface area contributed by atoms with Crippen LogP contribution >= 0.6 is 0 Å². The van der Waals surface area contributed by atoms with Crippen molar-refractivity contribution in [1.29, 1.82) is 0 Å². The largest absolute Gasteiger partial charge is 0.508 e. The minimum Gasteiger partial charge on any atom is -0.508 e. The number of rotatable bonds is 0. The molecular weight excluding hydrogens is 220 g/mol. The van der Waals surface area contributed by atoms with Gasteiger partial charge < -0.3 is 5.11 Å². The van der Waals surface area contributed by atoms with Crippen LogP contribution in [0.25, 0.3) is 10.8 Å². The molecule has 0 saturated heterocycles. The summed E-state index contributed by atoms with van der Waals surface area (Å²) in [6, 6.07) is 11.8. The molecule has 0 radical (unpaired) electrons. The van der Waals surface area contributed by atoms with Crippen molar-refractivity contribution in [1.82, 2.24) is 0 Å². The van der Waals surface area contributed by atoms with Crippen LogP contribution in [0.2, 0.25) is 0 Å². The number of phenolic OH excluding ortho intramolecular Hbond substituents is 1. The predicted octanol–water partition coefficient (Wildman–Crippen LogP) is 5.93. The molecule has 18 heavy (non-hydrogen) atoms. The normalized spacial score (nSPS) is 7.94. The van der Waals surface area contributed by atoms with Gasteiger partial charge in [-0.2, -0.15) is 0 Å². The lowest BCUT2D eigenvalue weighted by Crippen LogP contribution is -1.76. The first-order valence-electron chi connectivity index (χ1n) is 6.96. The predicted molar refractivity (Wildman–Crippen MR) is 84.4 cm³/mol. The third-order valence-electron chi connectivity index (χ3n) is 2.06. The Balaban J connectivity index is 0. The second-order valence-electron chi connectivity index (χ2n) is 2.99. The molecule has 1 heteroatoms. The molecule has 0 amide bonds. The maximum Gasteiger partial charge on any atom is 0.119 e. The molecule has 0 aliphatic rings. The fourth-order valence-electron chi connectivity index (χ4n) is 1.34. The summed E-state index contributed by atoms with van der Waals surface area (Å²) in [5, 5.41) is 11.7. The highest BCUT2D eigenvalue weighted by Crippen LogP contribution is 2.23. The van der Waals surface area contributed by atoms with E-state index in [1.807, 2.05) is 78.8 Å². The van der Waals surface area contributed by atoms with Crippen molar-refractivity contribution in [3.8, 4) is 5.75 Å². The van der Waals surface area contributed by atoms with Gasteiger partial charge in [0.25, 0.3) is 0 Å². The summed E-state index contributed by atoms with van der Waals surface area (Å²) in [6.07, 6.45) is 0. The molecule has 2 aromatic rings. The zero-order chi connectivity index (χ0) is 14.6. The standard InChI is InChI=1S/C11H10O.3C2H6/c1-8-6-9-4-2-3-5-10(9)7-11(8)12;3*1-2/h2-7,12H,1H3;3*1-2H3. The van der Waals surface area contributed by atoms with E-state index in [-0.39, 0.29) is 0 Å². The SMILES string of the molecule is CC.CC.CC.Cc1cc2ccccc2cc1O. The monoisotopic (exact) mass is 248 g/mol. The van der Waals surface area contributed by atoms with E-state index in [2.05, 4.69) is 0 Å². The highest BCUT2D eigenvalue weighted by atomic mass is 16.3. The van der Waals surface area contributed by atoms with Crippen molar-refractivity contribution in [2.45, 2.75) is 48.5 Å². The highest BCUT2D eigenvalue weighted by Gasteiger charge is 1.97. The number of hydrogen-bond acceptors (Lipinski definition) is 1. The first-order valence-corrected chi connectivity index (χ1v) is 6.96. The fourth-order valence-corrected chi connectivity index (χ4v) is 1.34. The molecule has 0 heterocycles. The van der Waals surface area contributed by atoms with Crippen LogP contribution in [0.1, 0.15) is 47.1 Å². The van der Waals surface area contributed by atoms with Crippen LogP contribution in [0.3, 0.4) is 0 Å². The molecule has 1 nitrogen and oxygen atoms in total. The van der Waals surface area contributed by atoms with Gasteiger partial charge in [-0.15, -0.1) is 0 Å². The van der Waals surface area contributed by atoms with Crippen molar-refractivity contribution in [3.63, 3.8) is 0 Å². The lowest BCUT2D eigenvalue weighted by atomic mass is 10.1. The van der Waals surface area contributed by atoms with Crippen LogP contribution in [0.4, 0.5) is 0 Å². The molecule has 0 aliphatic heterocycles. The van der Waals surface area contributed by atoms with Gasteiger partial charge in [0.15, 0.2) is 0 Å². The van der Waals surface area contributed by atoms with Gasteiger partial charge in [0, 0.05) is 0 Å². The molecule has 102 valence electrons. The number of phenols is 1. The van der Waals surface area contributed by atoms with Crippen LogP contribution < -0.4 is 0 Å². The van der Waals surface area contributed by atoms with Gasteiger partial charge in [0.2, 0.25) is 0 Å². The van der Waals surface area contributed by atoms with Gasteiger partial charge in [0.05, 0.1) is 0 Å². The number of aryl methyl sites for hydroxylation is 1. The Labute approximate surface area is 112 Å². The first kappa shape index (κ1) is 18.9. The van der Waals surface area contributed by atoms with Gasteiger partial charge in [-0.3, -0.25) is 0 Å². The van der Waals surface area contributed by atoms with Gasteiger partial charge in [-0.25, -0.2) is 0 Å². The van der Waals surface area contributed by atoms with E-state index in [9.17, 15) is 5.11 Å². The average Bonchev–Trinajstić information content (AvgIpc) is 2.47. The quantitative estimate of drug-likeness (QED) is 0.612. The van der Waals surface area contributed by atoms with E-state index in [1.165, 1.54) is 5.39 Å². The molecule has 0 bridgehead atoms. The maximum atomic E-state index is 9.42. The molecule has 2 aromatic carbocycles. The summed E-state index contributed by atoms with van der Waals surface area (Å²) in [6.45, 7) is 13.9. The zero-order valence-electron chi connectivity index (χ0n) is 12.9. The zero-order valence-corrected chi connectivity index (χ0v) is 12.9. The van der Waals surface area contributed by atoms with E-state index in [0.717, 1.165) is 10.9 Å². The maximum absolute atomic E-state index is 9.42. The number of fused-ring (bicyclic) bond motifs is 1. The van der Waals surface area contributed by atoms with Crippen LogP contribution in [0.15, 0.2) is 36.4 Å². The van der Waals surface area contributed by atoms with Gasteiger partial charge in [-0.05, 0) is 35.4 Å². The van der Waals surface area contributed by atoms with Crippen molar-refractivity contribution in [3.05, 3.63) is 42.0 Å². The molecule has 0 spiro atoms. The minimum absolute atomic E-state index is 0.369. The molecule has 0 unspecified atom stereocenters. The van der Waals surface area contributed by atoms with Gasteiger partial charge >= 0.3 is 0 Å². The Morgan fingerprint density at radius 2 is 1.11 bits per heavy atom. The molecule has 0 saturated carbocycles. The van der Waals surface area contributed by atoms with Crippen molar-refractivity contribution in [2.24, 2.45) is 0 Å². The Morgan fingerprint density at radius 3 is 1.56 bits per heavy atom. The van der Waals surface area contributed by atoms with Gasteiger partial charge in [0.1, 0.15) is 5.75 Å². The molecule has 0 aliphatic carbocycles. The Kier molecular flexibility index (Phi) is 12.5. The third kappa shape index (κ3) is 5.72. The summed E-state index contributed by atoms with van der Waals surface area (Å²) in [4.78, 5) is 0. The van der Waals surface area contributed by atoms with E-state index in [1.54, 1.807) is 6.07 Å². The van der Waals surface area contributed by atoms with Crippen molar-refractivity contribution >= 4 is 10.8 Å². The number of aromatic hydroxyl groups is 1. The fraction of sp³-hybridized carbons (Fsp3) is 0.412. The first-order chi connectivity index (χ1) is 8.77. The van der Waals surface area contributed by atoms with E-state index in [4.69, 9.17) is 0 Å². The van der Waals surface area contributed by atoms with Crippen molar-refractivity contribution in [2.75, 3.05) is 0 Å². The second-order valence-corrected chi connectivity index (χ2v) is 2.99. The Bertz CT molecular complexity index is 378. The number of benzene rings is 2. The molecule has 0 aromatic heterocycles. The summed E-state index contributed by atoms with van der Waals surface area (Å²) in [5.74, 6) is 0.369. The van der Waals surface area contributed by atoms with E-state index in [0.29, 0.717) is 5.75 Å². The molecular formula is C17H28O. The second kappa shape index (κ2) is 12.0. The van der Waals surface area contributed by atoms with E-state index < -0.39 is 0 Å². The number of hydrogen-bond donors (Lipinski definition) is 1. The Morgan fingerprint density at radius 1 is 0.722 bits per heavy atom. The molecule has 1 N–H and O–H groups in total. The lowest BCUT2D eigenvalue weighted by molar-refractivity contribution is 0.472. The van der Waals surface area contributed by atoms with Crippen LogP contribution in [0.5, 0.6) is 5.75 Å². The summed E-state index contributed by atoms with van der Waals surface area (Å²) in [5.41, 5.74) is 0.925. The van der Waals surface area contributed by atoms with Crippen LogP contribution in [-0.2, 0) is 0 Å².